The highest BCUT2D eigenvalue weighted by Crippen LogP contribution is 2.14. The molecule has 0 fully saturated rings. The first kappa shape index (κ1) is 11.3. The summed E-state index contributed by atoms with van der Waals surface area (Å²) in [6, 6.07) is 13.0. The summed E-state index contributed by atoms with van der Waals surface area (Å²) in [5.41, 5.74) is 2.84. The van der Waals surface area contributed by atoms with Crippen LogP contribution in [0.2, 0.25) is 0 Å². The van der Waals surface area contributed by atoms with Crippen LogP contribution in [0.1, 0.15) is 30.9 Å². The number of unbranched alkanes of at least 4 members (excludes halogenated alkanes) is 1. The molecule has 2 aromatic rings. The zero-order chi connectivity index (χ0) is 12.5. The average Bonchev–Trinajstić information content (AvgIpc) is 2.76. The lowest BCUT2D eigenvalue weighted by atomic mass is 9.99. The van der Waals surface area contributed by atoms with Gasteiger partial charge in [-0.3, -0.25) is 0 Å². The molecule has 90 valence electrons. The van der Waals surface area contributed by atoms with E-state index in [1.165, 1.54) is 44.8 Å². The fourth-order valence-electron chi connectivity index (χ4n) is 2.78. The Morgan fingerprint density at radius 2 is 1.83 bits per heavy atom. The Bertz CT molecular complexity index is 782. The highest BCUT2D eigenvalue weighted by molar-refractivity contribution is 5.59. The van der Waals surface area contributed by atoms with Gasteiger partial charge < -0.3 is 0 Å². The van der Waals surface area contributed by atoms with Gasteiger partial charge in [0.2, 0.25) is 0 Å². The molecule has 1 aliphatic rings. The minimum atomic E-state index is 1.14. The minimum Gasteiger partial charge on any atom is -0.0915 e. The molecule has 0 unspecified atom stereocenters. The molecule has 0 bridgehead atoms. The molecule has 0 aromatic heterocycles. The number of benzene rings is 2. The second kappa shape index (κ2) is 4.45. The summed E-state index contributed by atoms with van der Waals surface area (Å²) >= 11 is 0. The van der Waals surface area contributed by atoms with Crippen molar-refractivity contribution in [2.75, 3.05) is 0 Å². The highest BCUT2D eigenvalue weighted by atomic mass is 14.1. The third-order valence-electron chi connectivity index (χ3n) is 3.79. The van der Waals surface area contributed by atoms with Crippen molar-refractivity contribution in [3.8, 4) is 0 Å². The first-order chi connectivity index (χ1) is 8.81. The number of hydrogen-bond acceptors (Lipinski definition) is 0. The van der Waals surface area contributed by atoms with Gasteiger partial charge in [-0.15, -0.1) is 0 Å². The summed E-state index contributed by atoms with van der Waals surface area (Å²) in [5, 5.41) is 5.27. The topological polar surface area (TPSA) is 0 Å². The van der Waals surface area contributed by atoms with Gasteiger partial charge in [-0.1, -0.05) is 56.3 Å². The Balaban J connectivity index is 2.33. The molecule has 0 nitrogen and oxygen atoms in total. The van der Waals surface area contributed by atoms with E-state index in [-0.39, 0.29) is 0 Å². The second-order valence-corrected chi connectivity index (χ2v) is 5.00. The molecule has 0 heterocycles. The van der Waals surface area contributed by atoms with Gasteiger partial charge in [-0.2, -0.15) is 0 Å². The van der Waals surface area contributed by atoms with Crippen LogP contribution in [0.4, 0.5) is 0 Å². The SMILES string of the molecule is C=c1ccc2c(c1CCCC)C=c1ccccc1=2. The van der Waals surface area contributed by atoms with E-state index in [0.29, 0.717) is 0 Å². The van der Waals surface area contributed by atoms with Crippen molar-refractivity contribution in [1.29, 1.82) is 0 Å². The quantitative estimate of drug-likeness (QED) is 0.653. The zero-order valence-electron chi connectivity index (χ0n) is 10.9. The van der Waals surface area contributed by atoms with Crippen LogP contribution in [-0.4, -0.2) is 0 Å². The number of hydrogen-bond donors (Lipinski definition) is 0. The van der Waals surface area contributed by atoms with Crippen LogP contribution in [0.15, 0.2) is 36.4 Å². The molecule has 3 rings (SSSR count). The Morgan fingerprint density at radius 3 is 2.67 bits per heavy atom. The van der Waals surface area contributed by atoms with Crippen LogP contribution >= 0.6 is 0 Å². The first-order valence-corrected chi connectivity index (χ1v) is 6.73. The molecule has 0 heteroatoms. The summed E-state index contributed by atoms with van der Waals surface area (Å²) in [6.45, 7) is 6.43. The maximum absolute atomic E-state index is 4.19. The molecule has 18 heavy (non-hydrogen) atoms. The molecule has 1 aliphatic carbocycles. The Kier molecular flexibility index (Phi) is 2.79. The van der Waals surface area contributed by atoms with Crippen LogP contribution in [0, 0.1) is 10.4 Å². The van der Waals surface area contributed by atoms with Gasteiger partial charge in [-0.05, 0) is 50.9 Å². The molecular weight excluding hydrogens is 216 g/mol. The monoisotopic (exact) mass is 234 g/mol. The van der Waals surface area contributed by atoms with Crippen molar-refractivity contribution >= 4 is 12.7 Å². The van der Waals surface area contributed by atoms with Gasteiger partial charge in [0.05, 0.1) is 0 Å². The third-order valence-corrected chi connectivity index (χ3v) is 3.79. The van der Waals surface area contributed by atoms with Gasteiger partial charge in [0.1, 0.15) is 0 Å². The molecule has 2 aromatic carbocycles. The lowest BCUT2D eigenvalue weighted by Crippen LogP contribution is -2.09. The normalized spacial score (nSPS) is 11.8. The predicted molar refractivity (Wildman–Crippen MR) is 77.5 cm³/mol. The number of rotatable bonds is 3. The maximum atomic E-state index is 4.19. The van der Waals surface area contributed by atoms with E-state index in [9.17, 15) is 0 Å². The fraction of sp³-hybridized carbons (Fsp3) is 0.222. The van der Waals surface area contributed by atoms with Crippen molar-refractivity contribution in [3.63, 3.8) is 0 Å². The van der Waals surface area contributed by atoms with E-state index in [1.807, 2.05) is 0 Å². The molecular formula is C18H18. The van der Waals surface area contributed by atoms with Crippen molar-refractivity contribution in [3.05, 3.63) is 68.4 Å². The lowest BCUT2D eigenvalue weighted by Gasteiger charge is -2.05. The molecule has 0 aliphatic heterocycles. The minimum absolute atomic E-state index is 1.14. The molecule has 0 saturated heterocycles. The van der Waals surface area contributed by atoms with Crippen LogP contribution < -0.4 is 10.4 Å². The molecule has 0 saturated carbocycles. The van der Waals surface area contributed by atoms with Crippen molar-refractivity contribution in [1.82, 2.24) is 0 Å². The summed E-state index contributed by atoms with van der Waals surface area (Å²) < 4.78 is 0. The van der Waals surface area contributed by atoms with E-state index in [1.54, 1.807) is 0 Å². The maximum Gasteiger partial charge on any atom is -0.0102 e. The van der Waals surface area contributed by atoms with Gasteiger partial charge in [0, 0.05) is 0 Å². The smallest absolute Gasteiger partial charge is 0.0102 e. The third kappa shape index (κ3) is 1.69. The van der Waals surface area contributed by atoms with E-state index in [4.69, 9.17) is 0 Å². The standard InChI is InChI=1S/C18H18/c1-3-4-8-15-13(2)10-11-17-16-9-6-5-7-14(16)12-18(15)17/h5-7,9-12H,2-4,8H2,1H3. The fourth-order valence-corrected chi connectivity index (χ4v) is 2.78. The summed E-state index contributed by atoms with van der Waals surface area (Å²) in [5.74, 6) is 0. The lowest BCUT2D eigenvalue weighted by molar-refractivity contribution is 0.790. The molecule has 0 N–H and O–H groups in total. The van der Waals surface area contributed by atoms with Gasteiger partial charge in [-0.25, -0.2) is 0 Å². The van der Waals surface area contributed by atoms with Crippen molar-refractivity contribution in [2.24, 2.45) is 0 Å². The average molecular weight is 234 g/mol. The van der Waals surface area contributed by atoms with Crippen LogP contribution in [-0.2, 0) is 6.42 Å². The molecule has 0 amide bonds. The largest absolute Gasteiger partial charge is 0.0915 e. The molecule has 0 spiro atoms. The van der Waals surface area contributed by atoms with Crippen LogP contribution in [0.5, 0.6) is 0 Å². The molecule has 0 atom stereocenters. The van der Waals surface area contributed by atoms with Crippen LogP contribution in [0.3, 0.4) is 0 Å². The van der Waals surface area contributed by atoms with Gasteiger partial charge in [0.15, 0.2) is 0 Å². The highest BCUT2D eigenvalue weighted by Gasteiger charge is 2.07. The predicted octanol–water partition coefficient (Wildman–Crippen LogP) is 2.87. The Morgan fingerprint density at radius 1 is 1.00 bits per heavy atom. The summed E-state index contributed by atoms with van der Waals surface area (Å²) in [6.07, 6.45) is 5.94. The Hall–Kier alpha value is -1.82. The number of fused-ring (bicyclic) bond motifs is 2. The zero-order valence-corrected chi connectivity index (χ0v) is 10.9. The van der Waals surface area contributed by atoms with E-state index < -0.39 is 0 Å². The summed E-state index contributed by atoms with van der Waals surface area (Å²) in [7, 11) is 0. The van der Waals surface area contributed by atoms with Gasteiger partial charge >= 0.3 is 0 Å². The van der Waals surface area contributed by atoms with E-state index in [2.05, 4.69) is 56.0 Å². The van der Waals surface area contributed by atoms with E-state index in [0.717, 1.165) is 6.42 Å². The van der Waals surface area contributed by atoms with Crippen molar-refractivity contribution in [2.45, 2.75) is 26.2 Å². The Labute approximate surface area is 108 Å². The van der Waals surface area contributed by atoms with E-state index >= 15 is 0 Å². The first-order valence-electron chi connectivity index (χ1n) is 6.73. The van der Waals surface area contributed by atoms with Gasteiger partial charge in [0.25, 0.3) is 0 Å². The van der Waals surface area contributed by atoms with Crippen LogP contribution in [0.25, 0.3) is 12.7 Å². The molecule has 0 radical (unpaired) electrons. The van der Waals surface area contributed by atoms with Crippen molar-refractivity contribution < 1.29 is 0 Å². The second-order valence-electron chi connectivity index (χ2n) is 5.00. The summed E-state index contributed by atoms with van der Waals surface area (Å²) in [4.78, 5) is 0.